The van der Waals surface area contributed by atoms with Gasteiger partial charge in [0.25, 0.3) is 10.0 Å². The number of aliphatic hydroxyl groups is 1. The zero-order valence-corrected chi connectivity index (χ0v) is 7.22. The molecule has 0 amide bonds. The largest absolute Gasteiger partial charge is 0.392 e. The Labute approximate surface area is 69.5 Å². The van der Waals surface area contributed by atoms with Gasteiger partial charge in [0.1, 0.15) is 0 Å². The smallest absolute Gasteiger partial charge is 0.257 e. The lowest BCUT2D eigenvalue weighted by atomic mass is 10.3. The number of aromatic nitrogens is 2. The number of aliphatic hydroxyl groups excluding tert-OH is 1. The van der Waals surface area contributed by atoms with E-state index in [9.17, 15) is 8.42 Å². The van der Waals surface area contributed by atoms with E-state index in [4.69, 9.17) is 10.2 Å². The lowest BCUT2D eigenvalue weighted by molar-refractivity contribution is 0.277. The molecule has 1 rings (SSSR count). The summed E-state index contributed by atoms with van der Waals surface area (Å²) in [5, 5.41) is 19.2. The zero-order valence-electron chi connectivity index (χ0n) is 6.40. The average Bonchev–Trinajstić information content (AvgIpc) is 2.29. The topological polar surface area (TPSA) is 109 Å². The summed E-state index contributed by atoms with van der Waals surface area (Å²) in [4.78, 5) is 0. The van der Waals surface area contributed by atoms with E-state index in [1.54, 1.807) is 6.92 Å². The molecule has 4 N–H and O–H groups in total. The molecule has 0 atom stereocenters. The monoisotopic (exact) mass is 191 g/mol. The number of aryl methyl sites for hydroxylation is 1. The van der Waals surface area contributed by atoms with Crippen molar-refractivity contribution in [3.8, 4) is 0 Å². The Kier molecular flexibility index (Phi) is 2.18. The lowest BCUT2D eigenvalue weighted by Crippen LogP contribution is -2.14. The molecule has 0 spiro atoms. The van der Waals surface area contributed by atoms with Crippen molar-refractivity contribution in [2.24, 2.45) is 5.14 Å². The first kappa shape index (κ1) is 9.17. The number of primary sulfonamides is 1. The molecule has 0 unspecified atom stereocenters. The number of H-pyrrole nitrogens is 1. The molecule has 68 valence electrons. The van der Waals surface area contributed by atoms with Crippen LogP contribution < -0.4 is 5.14 Å². The van der Waals surface area contributed by atoms with Gasteiger partial charge in [-0.15, -0.1) is 0 Å². The van der Waals surface area contributed by atoms with Crippen LogP contribution in [0.3, 0.4) is 0 Å². The van der Waals surface area contributed by atoms with Gasteiger partial charge in [0.2, 0.25) is 0 Å². The Hall–Kier alpha value is -0.920. The third-order valence-electron chi connectivity index (χ3n) is 1.46. The minimum absolute atomic E-state index is 0.220. The fraction of sp³-hybridized carbons (Fsp3) is 0.400. The van der Waals surface area contributed by atoms with Crippen LogP contribution in [-0.2, 0) is 16.6 Å². The molecular formula is C5H9N3O3S. The molecule has 0 aliphatic carbocycles. The highest BCUT2D eigenvalue weighted by Gasteiger charge is 2.18. The van der Waals surface area contributed by atoms with Gasteiger partial charge in [-0.05, 0) is 6.92 Å². The van der Waals surface area contributed by atoms with E-state index < -0.39 is 16.6 Å². The van der Waals surface area contributed by atoms with Gasteiger partial charge in [-0.2, -0.15) is 5.10 Å². The van der Waals surface area contributed by atoms with Gasteiger partial charge in [0.05, 0.1) is 6.61 Å². The highest BCUT2D eigenvalue weighted by molar-refractivity contribution is 7.89. The Morgan fingerprint density at radius 2 is 2.25 bits per heavy atom. The Balaban J connectivity index is 3.36. The lowest BCUT2D eigenvalue weighted by Gasteiger charge is -1.95. The predicted molar refractivity (Wildman–Crippen MR) is 40.6 cm³/mol. The van der Waals surface area contributed by atoms with Gasteiger partial charge in [0, 0.05) is 11.3 Å². The third kappa shape index (κ3) is 1.47. The predicted octanol–water partition coefficient (Wildman–Crippen LogP) is -1.14. The summed E-state index contributed by atoms with van der Waals surface area (Å²) in [5.74, 6) is 0. The van der Waals surface area contributed by atoms with Crippen molar-refractivity contribution in [1.82, 2.24) is 10.2 Å². The minimum Gasteiger partial charge on any atom is -0.392 e. The number of hydrogen-bond donors (Lipinski definition) is 3. The van der Waals surface area contributed by atoms with Crippen LogP contribution in [0.1, 0.15) is 11.3 Å². The number of nitrogens with two attached hydrogens (primary N) is 1. The van der Waals surface area contributed by atoms with Gasteiger partial charge in [0.15, 0.2) is 5.03 Å². The normalized spacial score (nSPS) is 11.9. The molecule has 0 aliphatic heterocycles. The van der Waals surface area contributed by atoms with E-state index >= 15 is 0 Å². The summed E-state index contributed by atoms with van der Waals surface area (Å²) >= 11 is 0. The average molecular weight is 191 g/mol. The molecule has 0 saturated heterocycles. The number of aromatic amines is 1. The molecule has 0 saturated carbocycles. The first-order valence-corrected chi connectivity index (χ1v) is 4.69. The third-order valence-corrected chi connectivity index (χ3v) is 2.34. The van der Waals surface area contributed by atoms with Crippen molar-refractivity contribution < 1.29 is 13.5 Å². The molecule has 0 fully saturated rings. The van der Waals surface area contributed by atoms with Crippen LogP contribution in [0.15, 0.2) is 5.03 Å². The maximum absolute atomic E-state index is 10.8. The van der Waals surface area contributed by atoms with Crippen molar-refractivity contribution in [3.63, 3.8) is 0 Å². The van der Waals surface area contributed by atoms with E-state index in [0.717, 1.165) is 0 Å². The SMILES string of the molecule is Cc1[nH]nc(S(N)(=O)=O)c1CO. The second-order valence-corrected chi connectivity index (χ2v) is 3.81. The number of nitrogens with zero attached hydrogens (tertiary/aromatic N) is 1. The first-order chi connectivity index (χ1) is 5.46. The number of nitrogens with one attached hydrogen (secondary N) is 1. The molecule has 6 nitrogen and oxygen atoms in total. The molecule has 7 heteroatoms. The fourth-order valence-electron chi connectivity index (χ4n) is 0.852. The molecule has 0 aliphatic rings. The summed E-state index contributed by atoms with van der Waals surface area (Å²) in [5.41, 5.74) is 0.721. The van der Waals surface area contributed by atoms with Crippen LogP contribution in [0, 0.1) is 6.92 Å². The van der Waals surface area contributed by atoms with Gasteiger partial charge in [-0.3, -0.25) is 5.10 Å². The summed E-state index contributed by atoms with van der Waals surface area (Å²) in [6, 6.07) is 0. The summed E-state index contributed by atoms with van der Waals surface area (Å²) in [6.45, 7) is 1.21. The van der Waals surface area contributed by atoms with Crippen LogP contribution in [0.4, 0.5) is 0 Å². The minimum atomic E-state index is -3.83. The molecule has 0 aromatic carbocycles. The molecular weight excluding hydrogens is 182 g/mol. The van der Waals surface area contributed by atoms with Gasteiger partial charge >= 0.3 is 0 Å². The number of rotatable bonds is 2. The highest BCUT2D eigenvalue weighted by Crippen LogP contribution is 2.13. The van der Waals surface area contributed by atoms with Crippen LogP contribution >= 0.6 is 0 Å². The molecule has 1 aromatic rings. The van der Waals surface area contributed by atoms with E-state index in [2.05, 4.69) is 10.2 Å². The zero-order chi connectivity index (χ0) is 9.35. The van der Waals surface area contributed by atoms with Gasteiger partial charge in [-0.1, -0.05) is 0 Å². The summed E-state index contributed by atoms with van der Waals surface area (Å²) < 4.78 is 21.6. The summed E-state index contributed by atoms with van der Waals surface area (Å²) in [7, 11) is -3.83. The van der Waals surface area contributed by atoms with Crippen LogP contribution in [0.2, 0.25) is 0 Å². The first-order valence-electron chi connectivity index (χ1n) is 3.14. The van der Waals surface area contributed by atoms with E-state index in [1.165, 1.54) is 0 Å². The molecule has 0 radical (unpaired) electrons. The molecule has 0 bridgehead atoms. The maximum atomic E-state index is 10.8. The van der Waals surface area contributed by atoms with E-state index in [0.29, 0.717) is 5.69 Å². The molecule has 12 heavy (non-hydrogen) atoms. The summed E-state index contributed by atoms with van der Waals surface area (Å²) in [6.07, 6.45) is 0. The van der Waals surface area contributed by atoms with E-state index in [1.807, 2.05) is 0 Å². The van der Waals surface area contributed by atoms with Crippen LogP contribution in [0.25, 0.3) is 0 Å². The van der Waals surface area contributed by atoms with Gasteiger partial charge < -0.3 is 5.11 Å². The van der Waals surface area contributed by atoms with Crippen molar-refractivity contribution in [2.75, 3.05) is 0 Å². The van der Waals surface area contributed by atoms with Crippen LogP contribution in [0.5, 0.6) is 0 Å². The number of hydrogen-bond acceptors (Lipinski definition) is 4. The van der Waals surface area contributed by atoms with Gasteiger partial charge in [-0.25, -0.2) is 13.6 Å². The Morgan fingerprint density at radius 3 is 2.58 bits per heavy atom. The van der Waals surface area contributed by atoms with Crippen LogP contribution in [-0.4, -0.2) is 23.7 Å². The quantitative estimate of drug-likeness (QED) is 0.548. The van der Waals surface area contributed by atoms with E-state index in [-0.39, 0.29) is 10.6 Å². The van der Waals surface area contributed by atoms with Crippen molar-refractivity contribution >= 4 is 10.0 Å². The van der Waals surface area contributed by atoms with Crippen molar-refractivity contribution in [1.29, 1.82) is 0 Å². The second-order valence-electron chi connectivity index (χ2n) is 2.34. The Bertz CT molecular complexity index is 381. The molecule has 1 aromatic heterocycles. The van der Waals surface area contributed by atoms with Crippen molar-refractivity contribution in [2.45, 2.75) is 18.6 Å². The number of sulfonamides is 1. The second kappa shape index (κ2) is 2.85. The van der Waals surface area contributed by atoms with Crippen molar-refractivity contribution in [3.05, 3.63) is 11.3 Å². The Morgan fingerprint density at radius 1 is 1.67 bits per heavy atom. The maximum Gasteiger partial charge on any atom is 0.257 e. The highest BCUT2D eigenvalue weighted by atomic mass is 32.2. The standard InChI is InChI=1S/C5H9N3O3S/c1-3-4(2-9)5(8-7-3)12(6,10)11/h9H,2H2,1H3,(H,7,8)(H2,6,10,11). The fourth-order valence-corrected chi connectivity index (χ4v) is 1.59. The molecule has 1 heterocycles.